The number of benzene rings is 1. The van der Waals surface area contributed by atoms with Crippen molar-refractivity contribution in [1.82, 2.24) is 20.4 Å². The zero-order valence-electron chi connectivity index (χ0n) is 15.3. The summed E-state index contributed by atoms with van der Waals surface area (Å²) in [4.78, 5) is 2.46. The molecule has 2 aromatic rings. The van der Waals surface area contributed by atoms with E-state index in [0.29, 0.717) is 12.2 Å². The molecule has 0 saturated carbocycles. The van der Waals surface area contributed by atoms with Crippen LogP contribution in [-0.2, 0) is 11.3 Å². The molecule has 0 bridgehead atoms. The molecule has 1 aromatic carbocycles. The van der Waals surface area contributed by atoms with Crippen LogP contribution in [0.2, 0.25) is 0 Å². The van der Waals surface area contributed by atoms with Gasteiger partial charge in [-0.2, -0.15) is 5.10 Å². The van der Waals surface area contributed by atoms with Gasteiger partial charge in [0.15, 0.2) is 0 Å². The van der Waals surface area contributed by atoms with Crippen molar-refractivity contribution in [2.75, 3.05) is 33.3 Å². The smallest absolute Gasteiger partial charge is 0.118 e. The van der Waals surface area contributed by atoms with Gasteiger partial charge in [0.2, 0.25) is 0 Å². The number of H-pyrrole nitrogens is 1. The lowest BCUT2D eigenvalue weighted by atomic mass is 10.1. The molecule has 2 atom stereocenters. The molecule has 0 aliphatic carbocycles. The van der Waals surface area contributed by atoms with Crippen molar-refractivity contribution in [3.8, 4) is 17.0 Å². The summed E-state index contributed by atoms with van der Waals surface area (Å²) < 4.78 is 11.0. The number of nitrogens with one attached hydrogen (secondary N) is 2. The minimum Gasteiger partial charge on any atom is -0.497 e. The number of hydrogen-bond acceptors (Lipinski definition) is 5. The van der Waals surface area contributed by atoms with Gasteiger partial charge in [0.1, 0.15) is 5.75 Å². The number of hydrogen-bond donors (Lipinski definition) is 2. The third-order valence-corrected chi connectivity index (χ3v) is 4.51. The third-order valence-electron chi connectivity index (χ3n) is 4.51. The molecular formula is C19H28N4O2. The third kappa shape index (κ3) is 4.81. The van der Waals surface area contributed by atoms with Crippen molar-refractivity contribution < 1.29 is 9.47 Å². The van der Waals surface area contributed by atoms with Gasteiger partial charge in [-0.1, -0.05) is 0 Å². The Labute approximate surface area is 149 Å². The van der Waals surface area contributed by atoms with Gasteiger partial charge in [-0.15, -0.1) is 0 Å². The highest BCUT2D eigenvalue weighted by molar-refractivity contribution is 5.63. The first kappa shape index (κ1) is 17.9. The van der Waals surface area contributed by atoms with Gasteiger partial charge in [-0.3, -0.25) is 10.00 Å². The molecule has 1 aromatic heterocycles. The SMILES string of the molecule is COc1ccc(-c2[nH]ncc2CNCCN2C[C@H](C)O[C@@H](C)C2)cc1. The number of rotatable bonds is 7. The van der Waals surface area contributed by atoms with E-state index in [1.54, 1.807) is 7.11 Å². The van der Waals surface area contributed by atoms with Gasteiger partial charge in [0.25, 0.3) is 0 Å². The number of methoxy groups -OCH3 is 1. The van der Waals surface area contributed by atoms with E-state index in [1.165, 1.54) is 5.56 Å². The van der Waals surface area contributed by atoms with Gasteiger partial charge in [0, 0.05) is 43.9 Å². The van der Waals surface area contributed by atoms with Crippen LogP contribution in [0.3, 0.4) is 0 Å². The number of nitrogens with zero attached hydrogens (tertiary/aromatic N) is 2. The zero-order chi connectivity index (χ0) is 17.6. The summed E-state index contributed by atoms with van der Waals surface area (Å²) >= 11 is 0. The lowest BCUT2D eigenvalue weighted by Crippen LogP contribution is -2.47. The molecule has 1 fully saturated rings. The highest BCUT2D eigenvalue weighted by Crippen LogP contribution is 2.23. The van der Waals surface area contributed by atoms with E-state index in [2.05, 4.69) is 34.3 Å². The molecule has 0 spiro atoms. The molecule has 6 nitrogen and oxygen atoms in total. The molecule has 1 saturated heterocycles. The van der Waals surface area contributed by atoms with E-state index in [0.717, 1.165) is 49.7 Å². The van der Waals surface area contributed by atoms with E-state index in [1.807, 2.05) is 30.5 Å². The summed E-state index contributed by atoms with van der Waals surface area (Å²) in [6, 6.07) is 8.03. The standard InChI is InChI=1S/C19H28N4O2/c1-14-12-23(13-15(2)25-14)9-8-20-10-17-11-21-22-19(17)16-4-6-18(24-3)7-5-16/h4-7,11,14-15,20H,8-10,12-13H2,1-3H3,(H,21,22)/t14-,15-/m0/s1. The maximum Gasteiger partial charge on any atom is 0.118 e. The van der Waals surface area contributed by atoms with E-state index in [4.69, 9.17) is 9.47 Å². The average molecular weight is 344 g/mol. The Balaban J connectivity index is 1.50. The van der Waals surface area contributed by atoms with Crippen LogP contribution < -0.4 is 10.1 Å². The lowest BCUT2D eigenvalue weighted by molar-refractivity contribution is -0.0674. The van der Waals surface area contributed by atoms with Crippen LogP contribution in [0.5, 0.6) is 5.75 Å². The minimum absolute atomic E-state index is 0.319. The summed E-state index contributed by atoms with van der Waals surface area (Å²) in [5, 5.41) is 10.8. The van der Waals surface area contributed by atoms with Crippen molar-refractivity contribution in [3.63, 3.8) is 0 Å². The maximum absolute atomic E-state index is 5.78. The molecule has 25 heavy (non-hydrogen) atoms. The van der Waals surface area contributed by atoms with E-state index in [-0.39, 0.29) is 0 Å². The van der Waals surface area contributed by atoms with Crippen LogP contribution in [-0.4, -0.2) is 60.6 Å². The van der Waals surface area contributed by atoms with E-state index in [9.17, 15) is 0 Å². The van der Waals surface area contributed by atoms with Crippen LogP contribution in [0.1, 0.15) is 19.4 Å². The quantitative estimate of drug-likeness (QED) is 0.755. The second-order valence-electron chi connectivity index (χ2n) is 6.69. The summed E-state index contributed by atoms with van der Waals surface area (Å²) in [5.41, 5.74) is 3.35. The summed E-state index contributed by atoms with van der Waals surface area (Å²) in [5.74, 6) is 0.858. The Kier molecular flexibility index (Phi) is 6.07. The molecule has 2 heterocycles. The molecule has 0 amide bonds. The Morgan fingerprint density at radius 3 is 2.64 bits per heavy atom. The Bertz CT molecular complexity index is 646. The van der Waals surface area contributed by atoms with Crippen molar-refractivity contribution in [1.29, 1.82) is 0 Å². The number of morpholine rings is 1. The predicted molar refractivity (Wildman–Crippen MR) is 98.7 cm³/mol. The molecular weight excluding hydrogens is 316 g/mol. The average Bonchev–Trinajstić information content (AvgIpc) is 3.06. The van der Waals surface area contributed by atoms with Crippen molar-refractivity contribution in [3.05, 3.63) is 36.0 Å². The van der Waals surface area contributed by atoms with Gasteiger partial charge in [-0.05, 0) is 38.1 Å². The fraction of sp³-hybridized carbons (Fsp3) is 0.526. The Morgan fingerprint density at radius 2 is 1.96 bits per heavy atom. The number of aromatic amines is 1. The second-order valence-corrected chi connectivity index (χ2v) is 6.69. The molecule has 1 aliphatic rings. The number of aromatic nitrogens is 2. The van der Waals surface area contributed by atoms with Crippen molar-refractivity contribution >= 4 is 0 Å². The first-order chi connectivity index (χ1) is 12.2. The summed E-state index contributed by atoms with van der Waals surface area (Å²) in [7, 11) is 1.68. The first-order valence-electron chi connectivity index (χ1n) is 8.91. The van der Waals surface area contributed by atoms with Gasteiger partial charge in [-0.25, -0.2) is 0 Å². The molecule has 136 valence electrons. The van der Waals surface area contributed by atoms with Crippen LogP contribution in [0.15, 0.2) is 30.5 Å². The molecule has 3 rings (SSSR count). The topological polar surface area (TPSA) is 62.4 Å². The second kappa shape index (κ2) is 8.47. The van der Waals surface area contributed by atoms with Crippen LogP contribution in [0.4, 0.5) is 0 Å². The van der Waals surface area contributed by atoms with Crippen LogP contribution >= 0.6 is 0 Å². The minimum atomic E-state index is 0.319. The first-order valence-corrected chi connectivity index (χ1v) is 8.91. The fourth-order valence-corrected chi connectivity index (χ4v) is 3.38. The number of ether oxygens (including phenoxy) is 2. The summed E-state index contributed by atoms with van der Waals surface area (Å²) in [6.07, 6.45) is 2.53. The normalized spacial score (nSPS) is 21.4. The Morgan fingerprint density at radius 1 is 1.24 bits per heavy atom. The maximum atomic E-state index is 5.78. The highest BCUT2D eigenvalue weighted by Gasteiger charge is 2.21. The molecule has 6 heteroatoms. The molecule has 2 N–H and O–H groups in total. The van der Waals surface area contributed by atoms with Crippen LogP contribution in [0.25, 0.3) is 11.3 Å². The molecule has 0 unspecified atom stereocenters. The Hall–Kier alpha value is -1.89. The van der Waals surface area contributed by atoms with Gasteiger partial charge >= 0.3 is 0 Å². The summed E-state index contributed by atoms with van der Waals surface area (Å²) in [6.45, 7) is 9.09. The van der Waals surface area contributed by atoms with E-state index < -0.39 is 0 Å². The van der Waals surface area contributed by atoms with Gasteiger partial charge in [0.05, 0.1) is 31.2 Å². The fourth-order valence-electron chi connectivity index (χ4n) is 3.38. The highest BCUT2D eigenvalue weighted by atomic mass is 16.5. The molecule has 1 aliphatic heterocycles. The van der Waals surface area contributed by atoms with Crippen LogP contribution in [0, 0.1) is 0 Å². The van der Waals surface area contributed by atoms with Crippen molar-refractivity contribution in [2.24, 2.45) is 0 Å². The lowest BCUT2D eigenvalue weighted by Gasteiger charge is -2.35. The largest absolute Gasteiger partial charge is 0.497 e. The molecule has 0 radical (unpaired) electrons. The van der Waals surface area contributed by atoms with Gasteiger partial charge < -0.3 is 14.8 Å². The van der Waals surface area contributed by atoms with E-state index >= 15 is 0 Å². The predicted octanol–water partition coefficient (Wildman–Crippen LogP) is 2.28. The monoisotopic (exact) mass is 344 g/mol. The van der Waals surface area contributed by atoms with Crippen molar-refractivity contribution in [2.45, 2.75) is 32.6 Å². The zero-order valence-corrected chi connectivity index (χ0v) is 15.3.